The predicted molar refractivity (Wildman–Crippen MR) is 86.3 cm³/mol. The van der Waals surface area contributed by atoms with Crippen molar-refractivity contribution in [2.45, 2.75) is 53.1 Å². The number of fused-ring (bicyclic) bond motifs is 1. The molecule has 2 aromatic heterocycles. The van der Waals surface area contributed by atoms with Gasteiger partial charge in [-0.25, -0.2) is 0 Å². The Labute approximate surface area is 127 Å². The molecule has 0 aliphatic heterocycles. The molecule has 0 spiro atoms. The Morgan fingerprint density at radius 1 is 1.38 bits per heavy atom. The molecule has 0 fully saturated rings. The maximum Gasteiger partial charge on any atom is 0.0650 e. The standard InChI is InChI=1S/C18H25N3/c1-12-6-5-7-20-16(12)11-21-13(2)8-14-15(19)9-18(3,4)10-17(14)21/h5-8,15H,9-11,19H2,1-4H3. The van der Waals surface area contributed by atoms with Crippen LogP contribution in [-0.2, 0) is 13.0 Å². The van der Waals surface area contributed by atoms with Crippen LogP contribution in [0.4, 0.5) is 0 Å². The molecule has 2 heterocycles. The first kappa shape index (κ1) is 14.3. The molecule has 112 valence electrons. The van der Waals surface area contributed by atoms with Crippen molar-refractivity contribution >= 4 is 0 Å². The molecule has 3 rings (SSSR count). The van der Waals surface area contributed by atoms with E-state index in [0.717, 1.165) is 25.1 Å². The lowest BCUT2D eigenvalue weighted by Crippen LogP contribution is -2.30. The number of hydrogen-bond donors (Lipinski definition) is 1. The van der Waals surface area contributed by atoms with Crippen LogP contribution in [0.15, 0.2) is 24.4 Å². The van der Waals surface area contributed by atoms with Crippen molar-refractivity contribution in [2.75, 3.05) is 0 Å². The van der Waals surface area contributed by atoms with E-state index in [0.29, 0.717) is 0 Å². The second-order valence-electron chi connectivity index (χ2n) is 7.19. The predicted octanol–water partition coefficient (Wildman–Crippen LogP) is 3.52. The monoisotopic (exact) mass is 283 g/mol. The number of nitrogens with zero attached hydrogens (tertiary/aromatic N) is 2. The average molecular weight is 283 g/mol. The van der Waals surface area contributed by atoms with Crippen LogP contribution in [0.1, 0.15) is 54.5 Å². The molecule has 21 heavy (non-hydrogen) atoms. The second-order valence-corrected chi connectivity index (χ2v) is 7.19. The molecule has 0 aromatic carbocycles. The quantitative estimate of drug-likeness (QED) is 0.916. The van der Waals surface area contributed by atoms with Crippen LogP contribution in [0.2, 0.25) is 0 Å². The van der Waals surface area contributed by atoms with Gasteiger partial charge in [-0.2, -0.15) is 0 Å². The molecule has 0 amide bonds. The van der Waals surface area contributed by atoms with E-state index in [9.17, 15) is 0 Å². The Bertz CT molecular complexity index is 667. The summed E-state index contributed by atoms with van der Waals surface area (Å²) in [7, 11) is 0. The van der Waals surface area contributed by atoms with E-state index in [4.69, 9.17) is 5.73 Å². The van der Waals surface area contributed by atoms with Gasteiger partial charge in [0.1, 0.15) is 0 Å². The van der Waals surface area contributed by atoms with Crippen molar-refractivity contribution < 1.29 is 0 Å². The highest BCUT2D eigenvalue weighted by atomic mass is 15.0. The van der Waals surface area contributed by atoms with E-state index < -0.39 is 0 Å². The third kappa shape index (κ3) is 2.62. The van der Waals surface area contributed by atoms with Gasteiger partial charge < -0.3 is 10.3 Å². The third-order valence-electron chi connectivity index (χ3n) is 4.69. The largest absolute Gasteiger partial charge is 0.343 e. The minimum absolute atomic E-state index is 0.161. The minimum Gasteiger partial charge on any atom is -0.343 e. The Balaban J connectivity index is 2.03. The van der Waals surface area contributed by atoms with E-state index in [-0.39, 0.29) is 11.5 Å². The van der Waals surface area contributed by atoms with Crippen molar-refractivity contribution in [1.82, 2.24) is 9.55 Å². The number of nitrogens with two attached hydrogens (primary N) is 1. The zero-order valence-electron chi connectivity index (χ0n) is 13.5. The summed E-state index contributed by atoms with van der Waals surface area (Å²) in [6, 6.07) is 6.56. The molecule has 1 aliphatic rings. The van der Waals surface area contributed by atoms with E-state index in [1.165, 1.54) is 22.5 Å². The molecule has 0 saturated carbocycles. The van der Waals surface area contributed by atoms with Gasteiger partial charge in [0.2, 0.25) is 0 Å². The fourth-order valence-electron chi connectivity index (χ4n) is 3.56. The summed E-state index contributed by atoms with van der Waals surface area (Å²) in [6.07, 6.45) is 4.03. The molecule has 3 nitrogen and oxygen atoms in total. The van der Waals surface area contributed by atoms with Gasteiger partial charge in [0.25, 0.3) is 0 Å². The number of pyridine rings is 1. The highest BCUT2D eigenvalue weighted by molar-refractivity contribution is 5.35. The molecule has 2 aromatic rings. The van der Waals surface area contributed by atoms with Crippen molar-refractivity contribution in [3.05, 3.63) is 52.6 Å². The van der Waals surface area contributed by atoms with Gasteiger partial charge >= 0.3 is 0 Å². The minimum atomic E-state index is 0.161. The number of aryl methyl sites for hydroxylation is 2. The van der Waals surface area contributed by atoms with Gasteiger partial charge in [0.05, 0.1) is 12.2 Å². The molecule has 0 radical (unpaired) electrons. The van der Waals surface area contributed by atoms with E-state index >= 15 is 0 Å². The van der Waals surface area contributed by atoms with Gasteiger partial charge in [-0.05, 0) is 55.4 Å². The smallest absolute Gasteiger partial charge is 0.0650 e. The van der Waals surface area contributed by atoms with Crippen molar-refractivity contribution in [3.63, 3.8) is 0 Å². The first-order valence-corrected chi connectivity index (χ1v) is 7.72. The maximum atomic E-state index is 6.40. The SMILES string of the molecule is Cc1cccnc1Cn1c(C)cc2c1CC(C)(C)CC2N. The van der Waals surface area contributed by atoms with Crippen LogP contribution in [0, 0.1) is 19.3 Å². The average Bonchev–Trinajstić information content (AvgIpc) is 2.69. The van der Waals surface area contributed by atoms with Crippen LogP contribution in [0.3, 0.4) is 0 Å². The molecule has 2 N–H and O–H groups in total. The summed E-state index contributed by atoms with van der Waals surface area (Å²) in [4.78, 5) is 4.55. The number of aromatic nitrogens is 2. The summed E-state index contributed by atoms with van der Waals surface area (Å²) in [5.74, 6) is 0. The van der Waals surface area contributed by atoms with Gasteiger partial charge in [-0.1, -0.05) is 19.9 Å². The Hall–Kier alpha value is -1.61. The van der Waals surface area contributed by atoms with Crippen LogP contribution < -0.4 is 5.73 Å². The normalized spacial score (nSPS) is 20.3. The van der Waals surface area contributed by atoms with Crippen molar-refractivity contribution in [2.24, 2.45) is 11.1 Å². The Kier molecular flexibility index (Phi) is 3.40. The molecule has 0 saturated heterocycles. The summed E-state index contributed by atoms with van der Waals surface area (Å²) >= 11 is 0. The molecule has 3 heteroatoms. The summed E-state index contributed by atoms with van der Waals surface area (Å²) in [5, 5.41) is 0. The zero-order valence-corrected chi connectivity index (χ0v) is 13.5. The maximum absolute atomic E-state index is 6.40. The van der Waals surface area contributed by atoms with Crippen molar-refractivity contribution in [3.8, 4) is 0 Å². The van der Waals surface area contributed by atoms with Gasteiger partial charge in [0, 0.05) is 23.6 Å². The van der Waals surface area contributed by atoms with Crippen LogP contribution in [0.25, 0.3) is 0 Å². The topological polar surface area (TPSA) is 43.8 Å². The molecule has 0 bridgehead atoms. The molecular weight excluding hydrogens is 258 g/mol. The first-order chi connectivity index (χ1) is 9.87. The third-order valence-corrected chi connectivity index (χ3v) is 4.69. The lowest BCUT2D eigenvalue weighted by Gasteiger charge is -2.34. The molecule has 1 atom stereocenters. The summed E-state index contributed by atoms with van der Waals surface area (Å²) < 4.78 is 2.41. The van der Waals surface area contributed by atoms with Crippen LogP contribution in [0.5, 0.6) is 0 Å². The highest BCUT2D eigenvalue weighted by Gasteiger charge is 2.33. The number of rotatable bonds is 2. The summed E-state index contributed by atoms with van der Waals surface area (Å²) in [5.41, 5.74) is 13.1. The molecule has 1 aliphatic carbocycles. The lowest BCUT2D eigenvalue weighted by atomic mass is 9.74. The Morgan fingerprint density at radius 3 is 2.86 bits per heavy atom. The van der Waals surface area contributed by atoms with Crippen molar-refractivity contribution in [1.29, 1.82) is 0 Å². The summed E-state index contributed by atoms with van der Waals surface area (Å²) in [6.45, 7) is 9.78. The van der Waals surface area contributed by atoms with E-state index in [2.05, 4.69) is 49.4 Å². The lowest BCUT2D eigenvalue weighted by molar-refractivity contribution is 0.275. The van der Waals surface area contributed by atoms with Gasteiger partial charge in [0.15, 0.2) is 0 Å². The van der Waals surface area contributed by atoms with Crippen LogP contribution in [-0.4, -0.2) is 9.55 Å². The van der Waals surface area contributed by atoms with E-state index in [1.54, 1.807) is 0 Å². The van der Waals surface area contributed by atoms with Crippen LogP contribution >= 0.6 is 0 Å². The number of hydrogen-bond acceptors (Lipinski definition) is 2. The van der Waals surface area contributed by atoms with Gasteiger partial charge in [-0.15, -0.1) is 0 Å². The zero-order chi connectivity index (χ0) is 15.2. The van der Waals surface area contributed by atoms with E-state index in [1.807, 2.05) is 12.3 Å². The first-order valence-electron chi connectivity index (χ1n) is 7.72. The highest BCUT2D eigenvalue weighted by Crippen LogP contribution is 2.41. The fraction of sp³-hybridized carbons (Fsp3) is 0.500. The van der Waals surface area contributed by atoms with Gasteiger partial charge in [-0.3, -0.25) is 4.98 Å². The second kappa shape index (κ2) is 4.99. The fourth-order valence-corrected chi connectivity index (χ4v) is 3.56. The Morgan fingerprint density at radius 2 is 2.14 bits per heavy atom. The molecule has 1 unspecified atom stereocenters. The molecular formula is C18H25N3.